The van der Waals surface area contributed by atoms with Gasteiger partial charge in [0.1, 0.15) is 0 Å². The predicted octanol–water partition coefficient (Wildman–Crippen LogP) is 2.38. The van der Waals surface area contributed by atoms with Crippen molar-refractivity contribution < 1.29 is 9.90 Å². The minimum Gasteiger partial charge on any atom is -0.392 e. The molecule has 2 amide bonds. The van der Waals surface area contributed by atoms with Gasteiger partial charge in [-0.3, -0.25) is 0 Å². The highest BCUT2D eigenvalue weighted by atomic mass is 16.3. The molecule has 1 rings (SSSR count). The third kappa shape index (κ3) is 4.74. The van der Waals surface area contributed by atoms with Crippen molar-refractivity contribution in [3.05, 3.63) is 24.3 Å². The van der Waals surface area contributed by atoms with E-state index in [2.05, 4.69) is 5.32 Å². The molecule has 0 saturated heterocycles. The highest BCUT2D eigenvalue weighted by Crippen LogP contribution is 2.16. The topological polar surface area (TPSA) is 55.8 Å². The molecule has 0 bridgehead atoms. The fourth-order valence-corrected chi connectivity index (χ4v) is 1.85. The van der Waals surface area contributed by atoms with Crippen molar-refractivity contribution in [2.75, 3.05) is 30.9 Å². The number of rotatable bonds is 5. The number of hydrogen-bond donors (Lipinski definition) is 2. The van der Waals surface area contributed by atoms with Gasteiger partial charge in [0.05, 0.1) is 6.10 Å². The van der Waals surface area contributed by atoms with Gasteiger partial charge in [0.2, 0.25) is 0 Å². The van der Waals surface area contributed by atoms with Gasteiger partial charge in [-0.2, -0.15) is 0 Å². The van der Waals surface area contributed by atoms with Crippen molar-refractivity contribution in [2.45, 2.75) is 32.9 Å². The maximum atomic E-state index is 12.2. The zero-order valence-electron chi connectivity index (χ0n) is 12.9. The molecule has 0 fully saturated rings. The number of nitrogens with one attached hydrogen (secondary N) is 1. The van der Waals surface area contributed by atoms with Crippen LogP contribution >= 0.6 is 0 Å². The summed E-state index contributed by atoms with van der Waals surface area (Å²) in [5.41, 5.74) is 1.82. The monoisotopic (exact) mass is 279 g/mol. The van der Waals surface area contributed by atoms with Crippen molar-refractivity contribution in [2.24, 2.45) is 0 Å². The first-order valence-electron chi connectivity index (χ1n) is 6.84. The van der Waals surface area contributed by atoms with E-state index in [1.165, 1.54) is 0 Å². The van der Waals surface area contributed by atoms with E-state index < -0.39 is 6.10 Å². The number of urea groups is 1. The highest BCUT2D eigenvalue weighted by molar-refractivity contribution is 5.89. The molecule has 1 unspecified atom stereocenters. The van der Waals surface area contributed by atoms with Gasteiger partial charge in [-0.15, -0.1) is 0 Å². The number of amides is 2. The number of aliphatic hydroxyl groups is 1. The van der Waals surface area contributed by atoms with Crippen LogP contribution in [-0.4, -0.2) is 48.8 Å². The largest absolute Gasteiger partial charge is 0.392 e. The van der Waals surface area contributed by atoms with E-state index in [1.54, 1.807) is 11.8 Å². The Balaban J connectivity index is 2.72. The van der Waals surface area contributed by atoms with Gasteiger partial charge >= 0.3 is 6.03 Å². The van der Waals surface area contributed by atoms with Crippen LogP contribution in [0.1, 0.15) is 20.8 Å². The standard InChI is InChI=1S/C15H25N3O2/c1-11(2)18(10-12(3)19)15(20)16-13-6-8-14(9-7-13)17(4)5/h6-9,11-12,19H,10H2,1-5H3,(H,16,20). The maximum Gasteiger partial charge on any atom is 0.322 e. The Hall–Kier alpha value is -1.75. The first-order valence-corrected chi connectivity index (χ1v) is 6.84. The van der Waals surface area contributed by atoms with Crippen LogP contribution in [0.2, 0.25) is 0 Å². The Labute approximate surface area is 121 Å². The van der Waals surface area contributed by atoms with E-state index in [9.17, 15) is 9.90 Å². The lowest BCUT2D eigenvalue weighted by atomic mass is 10.2. The minimum atomic E-state index is -0.542. The summed E-state index contributed by atoms with van der Waals surface area (Å²) in [4.78, 5) is 15.8. The summed E-state index contributed by atoms with van der Waals surface area (Å²) in [7, 11) is 3.94. The fraction of sp³-hybridized carbons (Fsp3) is 0.533. The smallest absolute Gasteiger partial charge is 0.322 e. The molecule has 5 nitrogen and oxygen atoms in total. The van der Waals surface area contributed by atoms with Gasteiger partial charge in [-0.05, 0) is 45.0 Å². The molecule has 112 valence electrons. The highest BCUT2D eigenvalue weighted by Gasteiger charge is 2.18. The second-order valence-corrected chi connectivity index (χ2v) is 5.47. The van der Waals surface area contributed by atoms with Crippen LogP contribution < -0.4 is 10.2 Å². The van der Waals surface area contributed by atoms with E-state index in [0.29, 0.717) is 6.54 Å². The Morgan fingerprint density at radius 3 is 2.15 bits per heavy atom. The molecule has 5 heteroatoms. The quantitative estimate of drug-likeness (QED) is 0.870. The number of carbonyl (C=O) groups is 1. The van der Waals surface area contributed by atoms with Crippen LogP contribution in [0.3, 0.4) is 0 Å². The molecule has 2 N–H and O–H groups in total. The molecular formula is C15H25N3O2. The molecule has 0 aromatic heterocycles. The van der Waals surface area contributed by atoms with Crippen LogP contribution in [0.15, 0.2) is 24.3 Å². The van der Waals surface area contributed by atoms with Crippen molar-refractivity contribution in [3.63, 3.8) is 0 Å². The van der Waals surface area contributed by atoms with Crippen LogP contribution in [0.25, 0.3) is 0 Å². The summed E-state index contributed by atoms with van der Waals surface area (Å²) >= 11 is 0. The van der Waals surface area contributed by atoms with Crippen LogP contribution in [0.4, 0.5) is 16.2 Å². The summed E-state index contributed by atoms with van der Waals surface area (Å²) < 4.78 is 0. The Morgan fingerprint density at radius 2 is 1.75 bits per heavy atom. The molecule has 20 heavy (non-hydrogen) atoms. The molecule has 1 aromatic carbocycles. The lowest BCUT2D eigenvalue weighted by Crippen LogP contribution is -2.43. The van der Waals surface area contributed by atoms with E-state index in [1.807, 2.05) is 57.1 Å². The molecule has 1 atom stereocenters. The Morgan fingerprint density at radius 1 is 1.20 bits per heavy atom. The summed E-state index contributed by atoms with van der Waals surface area (Å²) in [5.74, 6) is 0. The Kier molecular flexibility index (Phi) is 5.82. The van der Waals surface area contributed by atoms with E-state index in [-0.39, 0.29) is 12.1 Å². The maximum absolute atomic E-state index is 12.2. The second kappa shape index (κ2) is 7.14. The van der Waals surface area contributed by atoms with Gasteiger partial charge in [-0.1, -0.05) is 0 Å². The van der Waals surface area contributed by atoms with Gasteiger partial charge in [-0.25, -0.2) is 4.79 Å². The predicted molar refractivity (Wildman–Crippen MR) is 83.3 cm³/mol. The zero-order valence-corrected chi connectivity index (χ0v) is 12.9. The van der Waals surface area contributed by atoms with E-state index in [0.717, 1.165) is 11.4 Å². The molecule has 1 aromatic rings. The third-order valence-electron chi connectivity index (χ3n) is 2.98. The summed E-state index contributed by atoms with van der Waals surface area (Å²) in [6.45, 7) is 5.85. The summed E-state index contributed by atoms with van der Waals surface area (Å²) in [6.07, 6.45) is -0.542. The SMILES string of the molecule is CC(O)CN(C(=O)Nc1ccc(N(C)C)cc1)C(C)C. The second-order valence-electron chi connectivity index (χ2n) is 5.47. The van der Waals surface area contributed by atoms with Crippen LogP contribution in [0, 0.1) is 0 Å². The molecular weight excluding hydrogens is 254 g/mol. The lowest BCUT2D eigenvalue weighted by molar-refractivity contribution is 0.125. The average Bonchev–Trinajstić information content (AvgIpc) is 2.35. The summed E-state index contributed by atoms with van der Waals surface area (Å²) in [6, 6.07) is 7.47. The fourth-order valence-electron chi connectivity index (χ4n) is 1.85. The molecule has 0 heterocycles. The number of hydrogen-bond acceptors (Lipinski definition) is 3. The number of nitrogens with zero attached hydrogens (tertiary/aromatic N) is 2. The van der Waals surface area contributed by atoms with Gasteiger partial charge < -0.3 is 20.2 Å². The average molecular weight is 279 g/mol. The number of benzene rings is 1. The third-order valence-corrected chi connectivity index (χ3v) is 2.98. The summed E-state index contributed by atoms with van der Waals surface area (Å²) in [5, 5.41) is 12.3. The Bertz CT molecular complexity index is 427. The normalized spacial score (nSPS) is 12.2. The first kappa shape index (κ1) is 16.3. The van der Waals surface area contributed by atoms with Crippen LogP contribution in [-0.2, 0) is 0 Å². The molecule has 0 aliphatic rings. The minimum absolute atomic E-state index is 0.0330. The molecule has 0 aliphatic heterocycles. The van der Waals surface area contributed by atoms with Crippen molar-refractivity contribution >= 4 is 17.4 Å². The molecule has 0 saturated carbocycles. The van der Waals surface area contributed by atoms with Gasteiger partial charge in [0, 0.05) is 38.1 Å². The van der Waals surface area contributed by atoms with Crippen molar-refractivity contribution in [3.8, 4) is 0 Å². The van der Waals surface area contributed by atoms with Crippen molar-refractivity contribution in [1.29, 1.82) is 0 Å². The van der Waals surface area contributed by atoms with E-state index >= 15 is 0 Å². The van der Waals surface area contributed by atoms with E-state index in [4.69, 9.17) is 0 Å². The van der Waals surface area contributed by atoms with Gasteiger partial charge in [0.25, 0.3) is 0 Å². The number of anilines is 2. The van der Waals surface area contributed by atoms with Gasteiger partial charge in [0.15, 0.2) is 0 Å². The van der Waals surface area contributed by atoms with Crippen LogP contribution in [0.5, 0.6) is 0 Å². The lowest BCUT2D eigenvalue weighted by Gasteiger charge is -2.28. The van der Waals surface area contributed by atoms with Crippen molar-refractivity contribution in [1.82, 2.24) is 4.90 Å². The molecule has 0 aliphatic carbocycles. The molecule has 0 radical (unpaired) electrons. The number of aliphatic hydroxyl groups excluding tert-OH is 1. The molecule has 0 spiro atoms. The zero-order chi connectivity index (χ0) is 15.3. The first-order chi connectivity index (χ1) is 9.31. The number of carbonyl (C=O) groups excluding carboxylic acids is 1.